The van der Waals surface area contributed by atoms with E-state index >= 15 is 0 Å². The number of aryl methyl sites for hydroxylation is 1. The van der Waals surface area contributed by atoms with Crippen LogP contribution in [0.5, 0.6) is 5.88 Å². The average Bonchev–Trinajstić information content (AvgIpc) is 2.58. The predicted octanol–water partition coefficient (Wildman–Crippen LogP) is 3.61. The molecule has 2 aromatic rings. The van der Waals surface area contributed by atoms with Crippen LogP contribution in [0, 0.1) is 6.92 Å². The number of halogens is 4. The Labute approximate surface area is 169 Å². The maximum atomic E-state index is 12.6. The van der Waals surface area contributed by atoms with Gasteiger partial charge in [0.1, 0.15) is 17.4 Å². The van der Waals surface area contributed by atoms with Gasteiger partial charge in [0.05, 0.1) is 11.6 Å². The van der Waals surface area contributed by atoms with Crippen LogP contribution in [0.15, 0.2) is 24.4 Å². The Balaban J connectivity index is 1.99. The molecular formula is C18H18ClF3N4O3. The van der Waals surface area contributed by atoms with E-state index in [1.54, 1.807) is 19.9 Å². The molecule has 156 valence electrons. The van der Waals surface area contributed by atoms with Crippen molar-refractivity contribution in [1.82, 2.24) is 15.3 Å². The van der Waals surface area contributed by atoms with Crippen molar-refractivity contribution in [3.63, 3.8) is 0 Å². The molecule has 2 N–H and O–H groups in total. The second-order valence-electron chi connectivity index (χ2n) is 6.26. The predicted molar refractivity (Wildman–Crippen MR) is 99.9 cm³/mol. The van der Waals surface area contributed by atoms with Crippen molar-refractivity contribution in [1.29, 1.82) is 0 Å². The Bertz CT molecular complexity index is 922. The van der Waals surface area contributed by atoms with E-state index in [4.69, 9.17) is 16.3 Å². The highest BCUT2D eigenvalue weighted by atomic mass is 35.5. The van der Waals surface area contributed by atoms with Crippen molar-refractivity contribution in [2.24, 2.45) is 0 Å². The summed E-state index contributed by atoms with van der Waals surface area (Å²) in [5.74, 6) is -0.692. The molecular weight excluding hydrogens is 413 g/mol. The highest BCUT2D eigenvalue weighted by Crippen LogP contribution is 2.33. The quantitative estimate of drug-likeness (QED) is 0.730. The molecule has 0 aliphatic carbocycles. The van der Waals surface area contributed by atoms with E-state index in [-0.39, 0.29) is 34.8 Å². The van der Waals surface area contributed by atoms with Gasteiger partial charge in [-0.15, -0.1) is 0 Å². The average molecular weight is 431 g/mol. The number of nitrogens with one attached hydrogen (secondary N) is 2. The standard InChI is InChI=1S/C18H18ClF3N4O3/c1-9-4-12(5-15(24-9)26-11(3)27)16(28)25-10(2)8-29-17-14(19)6-13(7-23-17)18(20,21)22/h4-7,10H,8H2,1-3H3,(H,25,28)(H,24,26,27)/t10-/m1/s1. The van der Waals surface area contributed by atoms with E-state index in [0.717, 1.165) is 6.07 Å². The number of hydrogen-bond donors (Lipinski definition) is 2. The van der Waals surface area contributed by atoms with Crippen molar-refractivity contribution in [3.8, 4) is 5.88 Å². The SMILES string of the molecule is CC(=O)Nc1cc(C(=O)N[C@H](C)COc2ncc(C(F)(F)F)cc2Cl)cc(C)n1. The van der Waals surface area contributed by atoms with Crippen LogP contribution >= 0.6 is 11.6 Å². The van der Waals surface area contributed by atoms with Crippen LogP contribution in [0.4, 0.5) is 19.0 Å². The molecule has 2 rings (SSSR count). The molecule has 0 spiro atoms. The van der Waals surface area contributed by atoms with E-state index in [2.05, 4.69) is 20.6 Å². The summed E-state index contributed by atoms with van der Waals surface area (Å²) in [7, 11) is 0. The Hall–Kier alpha value is -2.88. The fourth-order valence-electron chi connectivity index (χ4n) is 2.28. The summed E-state index contributed by atoms with van der Waals surface area (Å²) in [6.45, 7) is 4.56. The summed E-state index contributed by atoms with van der Waals surface area (Å²) in [6.07, 6.45) is -3.94. The minimum Gasteiger partial charge on any atom is -0.474 e. The highest BCUT2D eigenvalue weighted by Gasteiger charge is 2.31. The van der Waals surface area contributed by atoms with Gasteiger partial charge in [-0.3, -0.25) is 9.59 Å². The van der Waals surface area contributed by atoms with E-state index in [1.807, 2.05) is 0 Å². The Morgan fingerprint density at radius 2 is 1.97 bits per heavy atom. The summed E-state index contributed by atoms with van der Waals surface area (Å²) in [5, 5.41) is 4.89. The maximum absolute atomic E-state index is 12.6. The Morgan fingerprint density at radius 3 is 2.55 bits per heavy atom. The number of aromatic nitrogens is 2. The first-order valence-electron chi connectivity index (χ1n) is 8.38. The molecule has 0 bridgehead atoms. The molecule has 0 fully saturated rings. The number of amides is 2. The summed E-state index contributed by atoms with van der Waals surface area (Å²) >= 11 is 5.78. The van der Waals surface area contributed by atoms with Gasteiger partial charge in [0.15, 0.2) is 0 Å². The number of nitrogens with zero attached hydrogens (tertiary/aromatic N) is 2. The second kappa shape index (κ2) is 9.08. The van der Waals surface area contributed by atoms with Gasteiger partial charge in [0.2, 0.25) is 11.8 Å². The molecule has 0 unspecified atom stereocenters. The van der Waals surface area contributed by atoms with E-state index in [0.29, 0.717) is 11.9 Å². The van der Waals surface area contributed by atoms with Gasteiger partial charge in [-0.2, -0.15) is 13.2 Å². The van der Waals surface area contributed by atoms with Crippen LogP contribution in [0.1, 0.15) is 35.5 Å². The van der Waals surface area contributed by atoms with Crippen molar-refractivity contribution >= 4 is 29.2 Å². The fraction of sp³-hybridized carbons (Fsp3) is 0.333. The lowest BCUT2D eigenvalue weighted by molar-refractivity contribution is -0.137. The van der Waals surface area contributed by atoms with E-state index in [9.17, 15) is 22.8 Å². The van der Waals surface area contributed by atoms with Crippen LogP contribution < -0.4 is 15.4 Å². The first-order chi connectivity index (χ1) is 13.5. The van der Waals surface area contributed by atoms with E-state index < -0.39 is 23.7 Å². The number of pyridine rings is 2. The molecule has 0 saturated carbocycles. The maximum Gasteiger partial charge on any atom is 0.417 e. The topological polar surface area (TPSA) is 93.2 Å². The smallest absolute Gasteiger partial charge is 0.417 e. The molecule has 0 saturated heterocycles. The lowest BCUT2D eigenvalue weighted by Gasteiger charge is -2.16. The lowest BCUT2D eigenvalue weighted by Crippen LogP contribution is -2.37. The molecule has 2 amide bonds. The zero-order valence-corrected chi connectivity index (χ0v) is 16.5. The van der Waals surface area contributed by atoms with Gasteiger partial charge in [0.25, 0.3) is 5.91 Å². The zero-order valence-electron chi connectivity index (χ0n) is 15.7. The van der Waals surface area contributed by atoms with Crippen LogP contribution in [-0.2, 0) is 11.0 Å². The molecule has 2 aromatic heterocycles. The number of rotatable bonds is 6. The van der Waals surface area contributed by atoms with Crippen LogP contribution in [-0.4, -0.2) is 34.4 Å². The van der Waals surface area contributed by atoms with Crippen molar-refractivity contribution in [2.75, 3.05) is 11.9 Å². The second-order valence-corrected chi connectivity index (χ2v) is 6.67. The van der Waals surface area contributed by atoms with Crippen LogP contribution in [0.25, 0.3) is 0 Å². The van der Waals surface area contributed by atoms with Gasteiger partial charge in [0, 0.05) is 24.4 Å². The fourth-order valence-corrected chi connectivity index (χ4v) is 2.50. The van der Waals surface area contributed by atoms with E-state index in [1.165, 1.54) is 13.0 Å². The lowest BCUT2D eigenvalue weighted by atomic mass is 10.2. The monoisotopic (exact) mass is 430 g/mol. The minimum atomic E-state index is -4.56. The Morgan fingerprint density at radius 1 is 1.28 bits per heavy atom. The molecule has 0 aromatic carbocycles. The largest absolute Gasteiger partial charge is 0.474 e. The van der Waals surface area contributed by atoms with Crippen LogP contribution in [0.2, 0.25) is 5.02 Å². The molecule has 1 atom stereocenters. The van der Waals surface area contributed by atoms with Gasteiger partial charge in [-0.25, -0.2) is 9.97 Å². The van der Waals surface area contributed by atoms with Gasteiger partial charge in [-0.05, 0) is 32.0 Å². The molecule has 2 heterocycles. The number of alkyl halides is 3. The third-order valence-electron chi connectivity index (χ3n) is 3.50. The van der Waals surface area contributed by atoms with Crippen molar-refractivity contribution in [2.45, 2.75) is 33.0 Å². The molecule has 11 heteroatoms. The summed E-state index contributed by atoms with van der Waals surface area (Å²) in [4.78, 5) is 31.2. The number of carbonyl (C=O) groups excluding carboxylic acids is 2. The third-order valence-corrected chi connectivity index (χ3v) is 3.77. The normalized spacial score (nSPS) is 12.2. The molecule has 0 radical (unpaired) electrons. The first kappa shape index (κ1) is 22.4. The zero-order chi connectivity index (χ0) is 21.8. The van der Waals surface area contributed by atoms with Gasteiger partial charge >= 0.3 is 6.18 Å². The molecule has 0 aliphatic heterocycles. The highest BCUT2D eigenvalue weighted by molar-refractivity contribution is 6.31. The number of ether oxygens (including phenoxy) is 1. The number of carbonyl (C=O) groups is 2. The van der Waals surface area contributed by atoms with Crippen molar-refractivity contribution < 1.29 is 27.5 Å². The summed E-state index contributed by atoms with van der Waals surface area (Å²) in [6, 6.07) is 3.17. The molecule has 29 heavy (non-hydrogen) atoms. The van der Waals surface area contributed by atoms with Crippen LogP contribution in [0.3, 0.4) is 0 Å². The van der Waals surface area contributed by atoms with Gasteiger partial charge < -0.3 is 15.4 Å². The summed E-state index contributed by atoms with van der Waals surface area (Å²) in [5.41, 5.74) is -0.177. The Kier molecular flexibility index (Phi) is 7.02. The van der Waals surface area contributed by atoms with Gasteiger partial charge in [-0.1, -0.05) is 11.6 Å². The first-order valence-corrected chi connectivity index (χ1v) is 8.76. The minimum absolute atomic E-state index is 0.0769. The molecule has 7 nitrogen and oxygen atoms in total. The molecule has 0 aliphatic rings. The summed E-state index contributed by atoms with van der Waals surface area (Å²) < 4.78 is 43.2. The number of anilines is 1. The third kappa shape index (κ3) is 6.60. The van der Waals surface area contributed by atoms with Crippen molar-refractivity contribution in [3.05, 3.63) is 46.2 Å². The number of hydrogen-bond acceptors (Lipinski definition) is 5.